The van der Waals surface area contributed by atoms with E-state index in [9.17, 15) is 14.4 Å². The van der Waals surface area contributed by atoms with Crippen LogP contribution in [0, 0.1) is 5.41 Å². The number of rotatable bonds is 5. The molecule has 0 aliphatic carbocycles. The van der Waals surface area contributed by atoms with Crippen LogP contribution in [0.15, 0.2) is 66.9 Å². The molecular weight excluding hydrogens is 540 g/mol. The van der Waals surface area contributed by atoms with Gasteiger partial charge in [-0.3, -0.25) is 19.4 Å². The number of nitrogens with zero attached hydrogens (tertiary/aromatic N) is 4. The van der Waals surface area contributed by atoms with Gasteiger partial charge in [0.15, 0.2) is 0 Å². The molecule has 4 aromatic rings. The van der Waals surface area contributed by atoms with Crippen molar-refractivity contribution in [3.05, 3.63) is 83.4 Å². The summed E-state index contributed by atoms with van der Waals surface area (Å²) in [6.07, 6.45) is 2.33. The second-order valence-electron chi connectivity index (χ2n) is 11.8. The number of hydrogen-bond donors (Lipinski definition) is 2. The molecule has 2 aliphatic heterocycles. The van der Waals surface area contributed by atoms with E-state index in [0.717, 1.165) is 16.5 Å². The van der Waals surface area contributed by atoms with Gasteiger partial charge in [-0.15, -0.1) is 0 Å². The fourth-order valence-corrected chi connectivity index (χ4v) is 5.96. The second-order valence-corrected chi connectivity index (χ2v) is 12.2. The number of piperazine rings is 1. The molecule has 3 aromatic heterocycles. The Balaban J connectivity index is 1.13. The van der Waals surface area contributed by atoms with E-state index >= 15 is 0 Å². The first-order valence-electron chi connectivity index (χ1n) is 13.7. The molecule has 2 saturated heterocycles. The zero-order valence-electron chi connectivity index (χ0n) is 23.1. The van der Waals surface area contributed by atoms with E-state index < -0.39 is 11.5 Å². The lowest BCUT2D eigenvalue weighted by atomic mass is 9.85. The Morgan fingerprint density at radius 1 is 1.00 bits per heavy atom. The number of H-pyrrole nitrogens is 1. The van der Waals surface area contributed by atoms with Gasteiger partial charge in [-0.2, -0.15) is 0 Å². The molecule has 210 valence electrons. The molecule has 2 N–H and O–H groups in total. The highest BCUT2D eigenvalue weighted by molar-refractivity contribution is 6.29. The molecule has 0 spiro atoms. The van der Waals surface area contributed by atoms with Gasteiger partial charge in [0.2, 0.25) is 5.91 Å². The van der Waals surface area contributed by atoms with E-state index in [2.05, 4.69) is 20.3 Å². The number of nitrogens with one attached hydrogen (secondary N) is 2. The molecular formula is C31H31ClN6O3. The van der Waals surface area contributed by atoms with Gasteiger partial charge < -0.3 is 20.1 Å². The average Bonchev–Trinajstić information content (AvgIpc) is 3.69. The van der Waals surface area contributed by atoms with Crippen LogP contribution < -0.4 is 5.32 Å². The molecule has 2 aliphatic rings. The predicted octanol–water partition coefficient (Wildman–Crippen LogP) is 4.55. The standard InChI is InChI=1S/C31H31ClN6O3/c1-31(2,3)27(36-28(39)25-13-18-7-4-5-8-22(18)34-25)30(41)38-17-20-14-21(38)16-37(20)29(40)24-12-11-19(15-33-24)23-9-6-10-26(32)35-23/h4-13,15,20-21,27,34H,14,16-17H2,1-3H3,(H,36,39)/t20-,21-,27+/m0/s1. The van der Waals surface area contributed by atoms with Crippen molar-refractivity contribution in [1.82, 2.24) is 30.1 Å². The highest BCUT2D eigenvalue weighted by atomic mass is 35.5. The fraction of sp³-hybridized carbons (Fsp3) is 0.323. The Kier molecular flexibility index (Phi) is 6.77. The number of pyridine rings is 2. The van der Waals surface area contributed by atoms with E-state index in [1.165, 1.54) is 0 Å². The molecule has 0 radical (unpaired) electrons. The van der Waals surface area contributed by atoms with Crippen LogP contribution in [0.2, 0.25) is 5.15 Å². The second kappa shape index (κ2) is 10.3. The molecule has 3 atom stereocenters. The van der Waals surface area contributed by atoms with Gasteiger partial charge in [-0.05, 0) is 48.2 Å². The van der Waals surface area contributed by atoms with Crippen molar-refractivity contribution in [2.24, 2.45) is 5.41 Å². The fourth-order valence-electron chi connectivity index (χ4n) is 5.79. The lowest BCUT2D eigenvalue weighted by Gasteiger charge is -2.39. The van der Waals surface area contributed by atoms with Crippen LogP contribution in [0.25, 0.3) is 22.2 Å². The summed E-state index contributed by atoms with van der Waals surface area (Å²) in [6.45, 7) is 6.69. The zero-order valence-corrected chi connectivity index (χ0v) is 23.9. The predicted molar refractivity (Wildman–Crippen MR) is 156 cm³/mol. The molecule has 41 heavy (non-hydrogen) atoms. The number of aromatic amines is 1. The largest absolute Gasteiger partial charge is 0.351 e. The van der Waals surface area contributed by atoms with Crippen LogP contribution in [0.1, 0.15) is 48.2 Å². The van der Waals surface area contributed by atoms with Crippen LogP contribution in [-0.2, 0) is 4.79 Å². The highest BCUT2D eigenvalue weighted by Gasteiger charge is 2.50. The van der Waals surface area contributed by atoms with E-state index in [-0.39, 0.29) is 29.8 Å². The first kappa shape index (κ1) is 27.0. The quantitative estimate of drug-likeness (QED) is 0.342. The summed E-state index contributed by atoms with van der Waals surface area (Å²) in [5.41, 5.74) is 2.56. The molecule has 10 heteroatoms. The summed E-state index contributed by atoms with van der Waals surface area (Å²) in [5, 5.41) is 4.31. The minimum absolute atomic E-state index is 0.0995. The summed E-state index contributed by atoms with van der Waals surface area (Å²) in [6, 6.07) is 17.4. The molecule has 5 heterocycles. The number of fused-ring (bicyclic) bond motifs is 3. The minimum Gasteiger partial charge on any atom is -0.351 e. The topological polar surface area (TPSA) is 111 Å². The average molecular weight is 571 g/mol. The van der Waals surface area contributed by atoms with Crippen molar-refractivity contribution in [2.75, 3.05) is 13.1 Å². The summed E-state index contributed by atoms with van der Waals surface area (Å²) in [4.78, 5) is 55.8. The molecule has 9 nitrogen and oxygen atoms in total. The monoisotopic (exact) mass is 570 g/mol. The number of aromatic nitrogens is 3. The number of carbonyl (C=O) groups is 3. The molecule has 2 fully saturated rings. The summed E-state index contributed by atoms with van der Waals surface area (Å²) in [7, 11) is 0. The van der Waals surface area contributed by atoms with Crippen LogP contribution in [0.3, 0.4) is 0 Å². The number of amides is 3. The van der Waals surface area contributed by atoms with Crippen LogP contribution in [0.5, 0.6) is 0 Å². The Morgan fingerprint density at radius 2 is 1.76 bits per heavy atom. The lowest BCUT2D eigenvalue weighted by Crippen LogP contribution is -2.59. The van der Waals surface area contributed by atoms with Gasteiger partial charge >= 0.3 is 0 Å². The van der Waals surface area contributed by atoms with E-state index in [1.807, 2.05) is 73.0 Å². The first-order chi connectivity index (χ1) is 19.6. The minimum atomic E-state index is -0.723. The third-order valence-electron chi connectivity index (χ3n) is 7.94. The maximum atomic E-state index is 13.8. The third-order valence-corrected chi connectivity index (χ3v) is 8.15. The third kappa shape index (κ3) is 5.17. The van der Waals surface area contributed by atoms with Crippen LogP contribution >= 0.6 is 11.6 Å². The van der Waals surface area contributed by atoms with Crippen molar-refractivity contribution < 1.29 is 14.4 Å². The molecule has 0 unspecified atom stereocenters. The number of hydrogen-bond acceptors (Lipinski definition) is 5. The number of benzene rings is 1. The van der Waals surface area contributed by atoms with Crippen molar-refractivity contribution in [3.8, 4) is 11.3 Å². The molecule has 3 amide bonds. The SMILES string of the molecule is CC(C)(C)[C@H](NC(=O)c1cc2ccccc2[nH]1)C(=O)N1C[C@@H]2C[C@H]1CN2C(=O)c1ccc(-c2cccc(Cl)n2)cn1. The number of carbonyl (C=O) groups excluding carboxylic acids is 3. The van der Waals surface area contributed by atoms with Gasteiger partial charge in [0.1, 0.15) is 22.6 Å². The Morgan fingerprint density at radius 3 is 2.41 bits per heavy atom. The van der Waals surface area contributed by atoms with Gasteiger partial charge in [-0.25, -0.2) is 4.98 Å². The smallest absolute Gasteiger partial charge is 0.272 e. The van der Waals surface area contributed by atoms with E-state index in [1.54, 1.807) is 24.4 Å². The maximum absolute atomic E-state index is 13.8. The Hall–Kier alpha value is -4.24. The zero-order chi connectivity index (χ0) is 28.9. The lowest BCUT2D eigenvalue weighted by molar-refractivity contribution is -0.138. The molecule has 6 rings (SSSR count). The highest BCUT2D eigenvalue weighted by Crippen LogP contribution is 2.34. The number of halogens is 1. The molecule has 1 aromatic carbocycles. The number of likely N-dealkylation sites (tertiary alicyclic amines) is 2. The molecule has 2 bridgehead atoms. The van der Waals surface area contributed by atoms with Crippen molar-refractivity contribution in [2.45, 2.75) is 45.3 Å². The van der Waals surface area contributed by atoms with Crippen molar-refractivity contribution >= 4 is 40.2 Å². The van der Waals surface area contributed by atoms with E-state index in [0.29, 0.717) is 41.7 Å². The van der Waals surface area contributed by atoms with Gasteiger partial charge in [-0.1, -0.05) is 56.6 Å². The first-order valence-corrected chi connectivity index (χ1v) is 14.1. The van der Waals surface area contributed by atoms with Gasteiger partial charge in [0.25, 0.3) is 11.8 Å². The number of para-hydroxylation sites is 1. The Bertz CT molecular complexity index is 1610. The molecule has 0 saturated carbocycles. The Labute approximate surface area is 242 Å². The van der Waals surface area contributed by atoms with Crippen molar-refractivity contribution in [1.29, 1.82) is 0 Å². The van der Waals surface area contributed by atoms with Gasteiger partial charge in [0.05, 0.1) is 17.8 Å². The summed E-state index contributed by atoms with van der Waals surface area (Å²) >= 11 is 6.00. The normalized spacial score (nSPS) is 19.0. The maximum Gasteiger partial charge on any atom is 0.272 e. The van der Waals surface area contributed by atoms with Crippen LogP contribution in [-0.4, -0.2) is 73.7 Å². The van der Waals surface area contributed by atoms with Gasteiger partial charge in [0, 0.05) is 35.8 Å². The van der Waals surface area contributed by atoms with Crippen molar-refractivity contribution in [3.63, 3.8) is 0 Å². The van der Waals surface area contributed by atoms with Crippen LogP contribution in [0.4, 0.5) is 0 Å². The summed E-state index contributed by atoms with van der Waals surface area (Å²) < 4.78 is 0. The summed E-state index contributed by atoms with van der Waals surface area (Å²) in [5.74, 6) is -0.606. The van der Waals surface area contributed by atoms with E-state index in [4.69, 9.17) is 11.6 Å².